The fourth-order valence-corrected chi connectivity index (χ4v) is 2.48. The van der Waals surface area contributed by atoms with Crippen LogP contribution in [-0.4, -0.2) is 24.5 Å². The summed E-state index contributed by atoms with van der Waals surface area (Å²) in [6, 6.07) is 0. The number of piperidine rings is 1. The second kappa shape index (κ2) is 5.64. The lowest BCUT2D eigenvalue weighted by molar-refractivity contribution is 0.160. The summed E-state index contributed by atoms with van der Waals surface area (Å²) in [5.74, 6) is 1.83. The summed E-state index contributed by atoms with van der Waals surface area (Å²) in [7, 11) is 0. The van der Waals surface area contributed by atoms with Crippen molar-refractivity contribution in [3.05, 3.63) is 0 Å². The third-order valence-electron chi connectivity index (χ3n) is 3.09. The van der Waals surface area contributed by atoms with Crippen molar-refractivity contribution in [2.75, 3.05) is 19.6 Å². The molecule has 78 valence electrons. The Morgan fingerprint density at radius 2 is 2.23 bits per heavy atom. The van der Waals surface area contributed by atoms with Crippen LogP contribution in [0.25, 0.3) is 0 Å². The molecule has 2 unspecified atom stereocenters. The van der Waals surface area contributed by atoms with E-state index in [1.807, 2.05) is 0 Å². The highest BCUT2D eigenvalue weighted by molar-refractivity contribution is 4.71. The molecule has 0 aromatic heterocycles. The van der Waals surface area contributed by atoms with Gasteiger partial charge in [-0.3, -0.25) is 0 Å². The van der Waals surface area contributed by atoms with Gasteiger partial charge in [0.1, 0.15) is 0 Å². The molecule has 0 spiro atoms. The van der Waals surface area contributed by atoms with Gasteiger partial charge in [0.15, 0.2) is 0 Å². The number of hydrogen-bond donors (Lipinski definition) is 0. The molecule has 0 amide bonds. The fraction of sp³-hybridized carbons (Fsp3) is 1.00. The molecule has 0 aromatic rings. The lowest BCUT2D eigenvalue weighted by Gasteiger charge is -2.32. The second-order valence-corrected chi connectivity index (χ2v) is 4.90. The van der Waals surface area contributed by atoms with E-state index in [2.05, 4.69) is 25.7 Å². The van der Waals surface area contributed by atoms with Crippen molar-refractivity contribution >= 4 is 0 Å². The third kappa shape index (κ3) is 4.12. The number of likely N-dealkylation sites (tertiary alicyclic amines) is 1. The van der Waals surface area contributed by atoms with Crippen molar-refractivity contribution in [2.45, 2.75) is 46.5 Å². The number of hydrogen-bond acceptors (Lipinski definition) is 1. The molecule has 1 saturated heterocycles. The van der Waals surface area contributed by atoms with Gasteiger partial charge in [0, 0.05) is 13.1 Å². The first-order valence-electron chi connectivity index (χ1n) is 5.94. The van der Waals surface area contributed by atoms with Crippen LogP contribution in [-0.2, 0) is 0 Å². The molecular formula is C12H25N. The number of nitrogens with zero attached hydrogens (tertiary/aromatic N) is 1. The Morgan fingerprint density at radius 1 is 1.46 bits per heavy atom. The van der Waals surface area contributed by atoms with Gasteiger partial charge in [-0.15, -0.1) is 0 Å². The summed E-state index contributed by atoms with van der Waals surface area (Å²) in [4.78, 5) is 2.66. The van der Waals surface area contributed by atoms with Gasteiger partial charge in [0.25, 0.3) is 0 Å². The summed E-state index contributed by atoms with van der Waals surface area (Å²) >= 11 is 0. The summed E-state index contributed by atoms with van der Waals surface area (Å²) < 4.78 is 0. The van der Waals surface area contributed by atoms with E-state index in [1.165, 1.54) is 45.3 Å². The highest BCUT2D eigenvalue weighted by atomic mass is 15.1. The zero-order chi connectivity index (χ0) is 9.68. The molecule has 1 fully saturated rings. The normalized spacial score (nSPS) is 27.5. The fourth-order valence-electron chi connectivity index (χ4n) is 2.48. The smallest absolute Gasteiger partial charge is 0.000714 e. The maximum absolute atomic E-state index is 2.66. The molecule has 1 nitrogen and oxygen atoms in total. The van der Waals surface area contributed by atoms with E-state index >= 15 is 0 Å². The van der Waals surface area contributed by atoms with Gasteiger partial charge in [0.05, 0.1) is 0 Å². The largest absolute Gasteiger partial charge is 0.303 e. The zero-order valence-electron chi connectivity index (χ0n) is 9.55. The first-order valence-corrected chi connectivity index (χ1v) is 5.94. The van der Waals surface area contributed by atoms with Gasteiger partial charge >= 0.3 is 0 Å². The molecule has 0 bridgehead atoms. The lowest BCUT2D eigenvalue weighted by atomic mass is 9.98. The van der Waals surface area contributed by atoms with Crippen molar-refractivity contribution in [1.82, 2.24) is 4.90 Å². The Bertz CT molecular complexity index is 133. The van der Waals surface area contributed by atoms with Crippen LogP contribution in [0.2, 0.25) is 0 Å². The van der Waals surface area contributed by atoms with Crippen LogP contribution in [0.1, 0.15) is 46.5 Å². The van der Waals surface area contributed by atoms with Gasteiger partial charge in [-0.1, -0.05) is 27.2 Å². The summed E-state index contributed by atoms with van der Waals surface area (Å²) in [6.45, 7) is 11.1. The highest BCUT2D eigenvalue weighted by Crippen LogP contribution is 2.17. The van der Waals surface area contributed by atoms with E-state index in [4.69, 9.17) is 0 Å². The molecule has 2 atom stereocenters. The average molecular weight is 183 g/mol. The van der Waals surface area contributed by atoms with E-state index < -0.39 is 0 Å². The minimum Gasteiger partial charge on any atom is -0.303 e. The minimum absolute atomic E-state index is 0.898. The van der Waals surface area contributed by atoms with Crippen molar-refractivity contribution in [1.29, 1.82) is 0 Å². The molecule has 0 N–H and O–H groups in total. The van der Waals surface area contributed by atoms with Crippen LogP contribution in [0.15, 0.2) is 0 Å². The molecule has 0 saturated carbocycles. The van der Waals surface area contributed by atoms with Gasteiger partial charge in [-0.05, 0) is 37.6 Å². The Morgan fingerprint density at radius 3 is 2.85 bits per heavy atom. The second-order valence-electron chi connectivity index (χ2n) is 4.90. The van der Waals surface area contributed by atoms with E-state index in [0.29, 0.717) is 0 Å². The molecular weight excluding hydrogens is 158 g/mol. The predicted octanol–water partition coefficient (Wildman–Crippen LogP) is 3.15. The Balaban J connectivity index is 2.19. The molecule has 1 aliphatic heterocycles. The molecule has 1 rings (SSSR count). The standard InChI is InChI=1S/C12H25N/c1-4-6-11(2)9-13-8-5-7-12(3)10-13/h11-12H,4-10H2,1-3H3. The van der Waals surface area contributed by atoms with E-state index in [9.17, 15) is 0 Å². The highest BCUT2D eigenvalue weighted by Gasteiger charge is 2.17. The van der Waals surface area contributed by atoms with Gasteiger partial charge < -0.3 is 4.90 Å². The van der Waals surface area contributed by atoms with Gasteiger partial charge in [-0.2, -0.15) is 0 Å². The maximum Gasteiger partial charge on any atom is 0.000714 e. The van der Waals surface area contributed by atoms with Crippen molar-refractivity contribution in [3.63, 3.8) is 0 Å². The number of rotatable bonds is 4. The molecule has 1 aliphatic rings. The summed E-state index contributed by atoms with van der Waals surface area (Å²) in [6.07, 6.45) is 5.59. The third-order valence-corrected chi connectivity index (χ3v) is 3.09. The van der Waals surface area contributed by atoms with E-state index in [0.717, 1.165) is 11.8 Å². The van der Waals surface area contributed by atoms with E-state index in [1.54, 1.807) is 0 Å². The van der Waals surface area contributed by atoms with Gasteiger partial charge in [0.2, 0.25) is 0 Å². The lowest BCUT2D eigenvalue weighted by Crippen LogP contribution is -2.37. The first kappa shape index (κ1) is 11.0. The summed E-state index contributed by atoms with van der Waals surface area (Å²) in [5, 5.41) is 0. The van der Waals surface area contributed by atoms with Crippen molar-refractivity contribution in [3.8, 4) is 0 Å². The first-order chi connectivity index (χ1) is 6.22. The zero-order valence-corrected chi connectivity index (χ0v) is 9.55. The Labute approximate surface area is 83.5 Å². The molecule has 13 heavy (non-hydrogen) atoms. The van der Waals surface area contributed by atoms with Crippen LogP contribution in [0.4, 0.5) is 0 Å². The molecule has 1 heterocycles. The topological polar surface area (TPSA) is 3.24 Å². The maximum atomic E-state index is 2.66. The Hall–Kier alpha value is -0.0400. The SMILES string of the molecule is CCCC(C)CN1CCCC(C)C1. The predicted molar refractivity (Wildman–Crippen MR) is 58.9 cm³/mol. The van der Waals surface area contributed by atoms with Crippen LogP contribution in [0, 0.1) is 11.8 Å². The average Bonchev–Trinajstić information content (AvgIpc) is 2.04. The molecule has 0 radical (unpaired) electrons. The van der Waals surface area contributed by atoms with Crippen molar-refractivity contribution < 1.29 is 0 Å². The molecule has 0 aromatic carbocycles. The van der Waals surface area contributed by atoms with Crippen molar-refractivity contribution in [2.24, 2.45) is 11.8 Å². The monoisotopic (exact) mass is 183 g/mol. The van der Waals surface area contributed by atoms with Gasteiger partial charge in [-0.25, -0.2) is 0 Å². The minimum atomic E-state index is 0.898. The summed E-state index contributed by atoms with van der Waals surface area (Å²) in [5.41, 5.74) is 0. The van der Waals surface area contributed by atoms with Crippen LogP contribution in [0.3, 0.4) is 0 Å². The quantitative estimate of drug-likeness (QED) is 0.647. The van der Waals surface area contributed by atoms with Crippen LogP contribution in [0.5, 0.6) is 0 Å². The van der Waals surface area contributed by atoms with Crippen LogP contribution < -0.4 is 0 Å². The van der Waals surface area contributed by atoms with Crippen LogP contribution >= 0.6 is 0 Å². The Kier molecular flexibility index (Phi) is 4.79. The molecule has 1 heteroatoms. The molecule has 0 aliphatic carbocycles. The van der Waals surface area contributed by atoms with E-state index in [-0.39, 0.29) is 0 Å².